The van der Waals surface area contributed by atoms with E-state index < -0.39 is 6.10 Å². The van der Waals surface area contributed by atoms with Crippen molar-refractivity contribution in [2.75, 3.05) is 19.8 Å². The molecule has 2 aliphatic rings. The molecule has 2 heterocycles. The molecule has 3 unspecified atom stereocenters. The minimum atomic E-state index is -0.427. The van der Waals surface area contributed by atoms with Gasteiger partial charge in [0.15, 0.2) is 0 Å². The summed E-state index contributed by atoms with van der Waals surface area (Å²) in [4.78, 5) is 11.6. The average molecular weight is 229 g/mol. The zero-order chi connectivity index (χ0) is 11.4. The molecule has 2 fully saturated rings. The summed E-state index contributed by atoms with van der Waals surface area (Å²) in [5.74, 6) is -0.272. The summed E-state index contributed by atoms with van der Waals surface area (Å²) in [5, 5.41) is 12.2. The fourth-order valence-corrected chi connectivity index (χ4v) is 2.11. The molecule has 0 aromatic heterocycles. The van der Waals surface area contributed by atoms with E-state index in [9.17, 15) is 9.90 Å². The molecule has 0 bridgehead atoms. The molecule has 0 amide bonds. The number of hydrogen-bond acceptors (Lipinski definition) is 5. The van der Waals surface area contributed by atoms with E-state index in [-0.39, 0.29) is 18.1 Å². The van der Waals surface area contributed by atoms with Crippen molar-refractivity contribution in [1.82, 2.24) is 5.32 Å². The Labute approximate surface area is 95.1 Å². The zero-order valence-corrected chi connectivity index (χ0v) is 9.35. The monoisotopic (exact) mass is 229 g/mol. The van der Waals surface area contributed by atoms with Gasteiger partial charge in [-0.05, 0) is 19.3 Å². The normalized spacial score (nSPS) is 34.9. The van der Waals surface area contributed by atoms with Crippen LogP contribution in [-0.4, -0.2) is 49.1 Å². The van der Waals surface area contributed by atoms with Crippen molar-refractivity contribution in [1.29, 1.82) is 0 Å². The number of nitrogens with one attached hydrogen (secondary N) is 1. The van der Waals surface area contributed by atoms with Crippen LogP contribution in [0.5, 0.6) is 0 Å². The second kappa shape index (κ2) is 5.61. The fraction of sp³-hybridized carbons (Fsp3) is 0.909. The number of ether oxygens (including phenoxy) is 2. The van der Waals surface area contributed by atoms with Crippen LogP contribution in [0.1, 0.15) is 25.7 Å². The lowest BCUT2D eigenvalue weighted by Crippen LogP contribution is -2.35. The van der Waals surface area contributed by atoms with Crippen molar-refractivity contribution < 1.29 is 19.4 Å². The molecule has 0 aliphatic carbocycles. The summed E-state index contributed by atoms with van der Waals surface area (Å²) < 4.78 is 10.6. The van der Waals surface area contributed by atoms with Gasteiger partial charge in [-0.2, -0.15) is 0 Å². The fourth-order valence-electron chi connectivity index (χ4n) is 2.11. The van der Waals surface area contributed by atoms with E-state index in [1.54, 1.807) is 0 Å². The maximum Gasteiger partial charge on any atom is 0.323 e. The van der Waals surface area contributed by atoms with Crippen molar-refractivity contribution in [2.24, 2.45) is 0 Å². The molecular weight excluding hydrogens is 210 g/mol. The standard InChI is InChI=1S/C11H19NO4/c13-8-5-10(12-6-8)11(14)16-7-9-3-1-2-4-15-9/h8-10,12-13H,1-7H2. The van der Waals surface area contributed by atoms with Gasteiger partial charge in [0, 0.05) is 19.6 Å². The van der Waals surface area contributed by atoms with E-state index in [1.165, 1.54) is 0 Å². The van der Waals surface area contributed by atoms with Gasteiger partial charge in [0.05, 0.1) is 12.2 Å². The van der Waals surface area contributed by atoms with Crippen LogP contribution in [0.4, 0.5) is 0 Å². The summed E-state index contributed by atoms with van der Waals surface area (Å²) >= 11 is 0. The maximum absolute atomic E-state index is 11.6. The first-order valence-electron chi connectivity index (χ1n) is 5.95. The van der Waals surface area contributed by atoms with E-state index in [2.05, 4.69) is 5.32 Å². The molecule has 2 N–H and O–H groups in total. The Bertz CT molecular complexity index is 240. The van der Waals surface area contributed by atoms with Crippen molar-refractivity contribution >= 4 is 5.97 Å². The third-order valence-corrected chi connectivity index (χ3v) is 3.08. The summed E-state index contributed by atoms with van der Waals surface area (Å²) in [6, 6.07) is -0.349. The number of hydrogen-bond donors (Lipinski definition) is 2. The van der Waals surface area contributed by atoms with Gasteiger partial charge in [-0.3, -0.25) is 4.79 Å². The molecule has 2 aliphatic heterocycles. The smallest absolute Gasteiger partial charge is 0.323 e. The molecule has 0 aromatic rings. The first-order chi connectivity index (χ1) is 7.75. The Morgan fingerprint density at radius 3 is 3.00 bits per heavy atom. The van der Waals surface area contributed by atoms with Crippen molar-refractivity contribution in [3.8, 4) is 0 Å². The molecule has 0 radical (unpaired) electrons. The van der Waals surface area contributed by atoms with E-state index in [0.29, 0.717) is 19.6 Å². The van der Waals surface area contributed by atoms with Gasteiger partial charge in [0.1, 0.15) is 12.6 Å². The molecular formula is C11H19NO4. The molecule has 0 saturated carbocycles. The van der Waals surface area contributed by atoms with Crippen molar-refractivity contribution in [2.45, 2.75) is 43.9 Å². The summed E-state index contributed by atoms with van der Waals surface area (Å²) in [7, 11) is 0. The lowest BCUT2D eigenvalue weighted by Gasteiger charge is -2.22. The Morgan fingerprint density at radius 1 is 1.50 bits per heavy atom. The highest BCUT2D eigenvalue weighted by atomic mass is 16.6. The van der Waals surface area contributed by atoms with Gasteiger partial charge in [-0.25, -0.2) is 0 Å². The molecule has 0 spiro atoms. The van der Waals surface area contributed by atoms with Gasteiger partial charge < -0.3 is 19.9 Å². The van der Waals surface area contributed by atoms with Gasteiger partial charge >= 0.3 is 5.97 Å². The number of carbonyl (C=O) groups is 1. The highest BCUT2D eigenvalue weighted by Gasteiger charge is 2.29. The van der Waals surface area contributed by atoms with E-state index in [1.807, 2.05) is 0 Å². The Kier molecular flexibility index (Phi) is 4.15. The van der Waals surface area contributed by atoms with Crippen LogP contribution in [0.3, 0.4) is 0 Å². The second-order valence-electron chi connectivity index (χ2n) is 4.47. The topological polar surface area (TPSA) is 67.8 Å². The number of esters is 1. The number of carbonyl (C=O) groups excluding carboxylic acids is 1. The first-order valence-corrected chi connectivity index (χ1v) is 5.95. The predicted octanol–water partition coefficient (Wildman–Crippen LogP) is -0.179. The van der Waals surface area contributed by atoms with Crippen LogP contribution in [0.15, 0.2) is 0 Å². The summed E-state index contributed by atoms with van der Waals surface area (Å²) in [6.07, 6.45) is 3.29. The highest BCUT2D eigenvalue weighted by Crippen LogP contribution is 2.14. The van der Waals surface area contributed by atoms with Crippen molar-refractivity contribution in [3.63, 3.8) is 0 Å². The third-order valence-electron chi connectivity index (χ3n) is 3.08. The first kappa shape index (κ1) is 11.8. The van der Waals surface area contributed by atoms with Gasteiger partial charge in [0.2, 0.25) is 0 Å². The van der Waals surface area contributed by atoms with Crippen LogP contribution in [0, 0.1) is 0 Å². The lowest BCUT2D eigenvalue weighted by atomic mass is 10.1. The number of β-amino-alcohol motifs (C(OH)–C–C–N with tert-alkyl or cyclic N) is 1. The molecule has 3 atom stereocenters. The number of aliphatic hydroxyl groups excluding tert-OH is 1. The van der Waals surface area contributed by atoms with Crippen LogP contribution in [-0.2, 0) is 14.3 Å². The van der Waals surface area contributed by atoms with Gasteiger partial charge in [-0.15, -0.1) is 0 Å². The Morgan fingerprint density at radius 2 is 2.38 bits per heavy atom. The molecule has 16 heavy (non-hydrogen) atoms. The minimum absolute atomic E-state index is 0.0593. The van der Waals surface area contributed by atoms with Gasteiger partial charge in [0.25, 0.3) is 0 Å². The summed E-state index contributed by atoms with van der Waals surface area (Å²) in [5.41, 5.74) is 0. The quantitative estimate of drug-likeness (QED) is 0.657. The van der Waals surface area contributed by atoms with E-state index >= 15 is 0 Å². The van der Waals surface area contributed by atoms with Crippen LogP contribution in [0.2, 0.25) is 0 Å². The SMILES string of the molecule is O=C(OCC1CCCCO1)C1CC(O)CN1. The van der Waals surface area contributed by atoms with E-state index in [4.69, 9.17) is 9.47 Å². The molecule has 92 valence electrons. The molecule has 2 rings (SSSR count). The minimum Gasteiger partial charge on any atom is -0.462 e. The van der Waals surface area contributed by atoms with Gasteiger partial charge in [-0.1, -0.05) is 0 Å². The van der Waals surface area contributed by atoms with Crippen molar-refractivity contribution in [3.05, 3.63) is 0 Å². The number of aliphatic hydroxyl groups is 1. The molecule has 5 heteroatoms. The average Bonchev–Trinajstić information content (AvgIpc) is 2.74. The molecule has 5 nitrogen and oxygen atoms in total. The highest BCUT2D eigenvalue weighted by molar-refractivity contribution is 5.76. The third kappa shape index (κ3) is 3.17. The van der Waals surface area contributed by atoms with Crippen LogP contribution < -0.4 is 5.32 Å². The van der Waals surface area contributed by atoms with E-state index in [0.717, 1.165) is 25.9 Å². The number of rotatable bonds is 3. The zero-order valence-electron chi connectivity index (χ0n) is 9.35. The largest absolute Gasteiger partial charge is 0.462 e. The van der Waals surface area contributed by atoms with Crippen LogP contribution >= 0.6 is 0 Å². The lowest BCUT2D eigenvalue weighted by molar-refractivity contribution is -0.151. The maximum atomic E-state index is 11.6. The molecule has 0 aromatic carbocycles. The Balaban J connectivity index is 1.67. The second-order valence-corrected chi connectivity index (χ2v) is 4.47. The Hall–Kier alpha value is -0.650. The molecule has 2 saturated heterocycles. The summed E-state index contributed by atoms with van der Waals surface area (Å²) in [6.45, 7) is 1.58. The predicted molar refractivity (Wildman–Crippen MR) is 57.0 cm³/mol. The van der Waals surface area contributed by atoms with Crippen LogP contribution in [0.25, 0.3) is 0 Å².